The second-order valence-electron chi connectivity index (χ2n) is 6.49. The maximum absolute atomic E-state index is 15.2. The van der Waals surface area contributed by atoms with Gasteiger partial charge in [-0.2, -0.15) is 0 Å². The molecule has 3 aromatic carbocycles. The van der Waals surface area contributed by atoms with Gasteiger partial charge in [0.2, 0.25) is 0 Å². The van der Waals surface area contributed by atoms with E-state index in [1.165, 1.54) is 20.2 Å². The second kappa shape index (κ2) is 7.87. The summed E-state index contributed by atoms with van der Waals surface area (Å²) in [4.78, 5) is 16.4. The van der Waals surface area contributed by atoms with Crippen LogP contribution in [0.5, 0.6) is 23.0 Å². The second-order valence-corrected chi connectivity index (χ2v) is 6.49. The van der Waals surface area contributed by atoms with Crippen molar-refractivity contribution in [1.82, 2.24) is 10.3 Å². The van der Waals surface area contributed by atoms with Gasteiger partial charge in [-0.3, -0.25) is 9.78 Å². The average Bonchev–Trinajstić information content (AvgIpc) is 2.79. The first-order valence-corrected chi connectivity index (χ1v) is 9.19. The van der Waals surface area contributed by atoms with Gasteiger partial charge in [-0.1, -0.05) is 12.1 Å². The molecular formula is C23H19FN2O4. The minimum atomic E-state index is -0.552. The molecule has 0 aliphatic heterocycles. The highest BCUT2D eigenvalue weighted by Gasteiger charge is 2.16. The summed E-state index contributed by atoms with van der Waals surface area (Å²) in [5.74, 6) is 0.671. The van der Waals surface area contributed by atoms with Crippen LogP contribution in [0.2, 0.25) is 0 Å². The zero-order chi connectivity index (χ0) is 21.3. The molecule has 0 saturated carbocycles. The molecule has 152 valence electrons. The summed E-state index contributed by atoms with van der Waals surface area (Å²) in [5.41, 5.74) is 1.01. The van der Waals surface area contributed by atoms with Gasteiger partial charge in [-0.25, -0.2) is 4.39 Å². The quantitative estimate of drug-likeness (QED) is 0.520. The highest BCUT2D eigenvalue weighted by Crippen LogP contribution is 2.38. The lowest BCUT2D eigenvalue weighted by molar-refractivity contribution is 0.0964. The number of carbonyl (C=O) groups excluding carboxylic acids is 1. The lowest BCUT2D eigenvalue weighted by Crippen LogP contribution is -2.18. The van der Waals surface area contributed by atoms with Gasteiger partial charge in [-0.15, -0.1) is 0 Å². The fourth-order valence-corrected chi connectivity index (χ4v) is 3.37. The normalized spacial score (nSPS) is 10.8. The molecule has 0 fully saturated rings. The van der Waals surface area contributed by atoms with E-state index in [4.69, 9.17) is 14.2 Å². The summed E-state index contributed by atoms with van der Waals surface area (Å²) in [7, 11) is 4.61. The van der Waals surface area contributed by atoms with Gasteiger partial charge in [-0.05, 0) is 35.7 Å². The van der Waals surface area contributed by atoms with Crippen molar-refractivity contribution in [2.24, 2.45) is 0 Å². The number of pyridine rings is 1. The Hall–Kier alpha value is -3.87. The highest BCUT2D eigenvalue weighted by molar-refractivity contribution is 6.07. The molecule has 0 saturated heterocycles. The summed E-state index contributed by atoms with van der Waals surface area (Å²) in [6.45, 7) is 0. The van der Waals surface area contributed by atoms with Crippen LogP contribution in [-0.2, 0) is 0 Å². The largest absolute Gasteiger partial charge is 0.493 e. The van der Waals surface area contributed by atoms with Crippen LogP contribution in [0.3, 0.4) is 0 Å². The number of benzene rings is 3. The van der Waals surface area contributed by atoms with Gasteiger partial charge in [0.25, 0.3) is 5.91 Å². The topological polar surface area (TPSA) is 69.7 Å². The Morgan fingerprint density at radius 1 is 0.900 bits per heavy atom. The number of ether oxygens (including phenoxy) is 3. The Morgan fingerprint density at radius 3 is 2.40 bits per heavy atom. The van der Waals surface area contributed by atoms with E-state index in [2.05, 4.69) is 10.3 Å². The monoisotopic (exact) mass is 406 g/mol. The van der Waals surface area contributed by atoms with Gasteiger partial charge >= 0.3 is 0 Å². The summed E-state index contributed by atoms with van der Waals surface area (Å²) in [5, 5.41) is 4.02. The number of nitrogens with zero attached hydrogens (tertiary/aromatic N) is 1. The highest BCUT2D eigenvalue weighted by atomic mass is 19.1. The Bertz CT molecular complexity index is 1270. The van der Waals surface area contributed by atoms with Crippen LogP contribution in [-0.4, -0.2) is 32.2 Å². The van der Waals surface area contributed by atoms with Crippen LogP contribution >= 0.6 is 0 Å². The third-order valence-electron chi connectivity index (χ3n) is 4.86. The molecule has 1 heterocycles. The van der Waals surface area contributed by atoms with Crippen LogP contribution in [0.4, 0.5) is 4.39 Å². The molecular weight excluding hydrogens is 387 g/mol. The van der Waals surface area contributed by atoms with E-state index in [1.54, 1.807) is 55.8 Å². The number of rotatable bonds is 5. The van der Waals surface area contributed by atoms with Crippen LogP contribution in [0.1, 0.15) is 10.4 Å². The molecule has 0 spiro atoms. The van der Waals surface area contributed by atoms with E-state index >= 15 is 4.39 Å². The molecule has 4 rings (SSSR count). The molecule has 0 radical (unpaired) electrons. The molecule has 1 amide bonds. The van der Waals surface area contributed by atoms with Crippen LogP contribution in [0.15, 0.2) is 54.7 Å². The standard InChI is InChI=1S/C23H19FN2O4/c1-25-23(27)15-6-4-5-14-13(15)7-8-19(22(14)24)30-18-9-10-26-17-12-21(29-3)20(28-2)11-16(17)18/h4-12H,1-3H3,(H,25,27). The molecule has 1 N–H and O–H groups in total. The molecule has 0 unspecified atom stereocenters. The fraction of sp³-hybridized carbons (Fsp3) is 0.130. The number of carbonyl (C=O) groups is 1. The van der Waals surface area contributed by atoms with Gasteiger partial charge in [0.15, 0.2) is 23.1 Å². The number of nitrogens with one attached hydrogen (secondary N) is 1. The minimum Gasteiger partial charge on any atom is -0.493 e. The Balaban J connectivity index is 1.82. The van der Waals surface area contributed by atoms with Gasteiger partial charge < -0.3 is 19.5 Å². The zero-order valence-corrected chi connectivity index (χ0v) is 16.7. The van der Waals surface area contributed by atoms with Crippen molar-refractivity contribution in [3.05, 3.63) is 66.1 Å². The van der Waals surface area contributed by atoms with Gasteiger partial charge in [0.05, 0.1) is 19.7 Å². The van der Waals surface area contributed by atoms with Crippen molar-refractivity contribution in [3.8, 4) is 23.0 Å². The summed E-state index contributed by atoms with van der Waals surface area (Å²) >= 11 is 0. The number of methoxy groups -OCH3 is 2. The number of aromatic nitrogens is 1. The fourth-order valence-electron chi connectivity index (χ4n) is 3.37. The average molecular weight is 406 g/mol. The molecule has 7 heteroatoms. The molecule has 30 heavy (non-hydrogen) atoms. The van der Waals surface area contributed by atoms with Crippen LogP contribution in [0, 0.1) is 5.82 Å². The SMILES string of the molecule is CNC(=O)c1cccc2c(F)c(Oc3ccnc4cc(OC)c(OC)cc34)ccc12. The first kappa shape index (κ1) is 19.4. The minimum absolute atomic E-state index is 0.0406. The molecule has 4 aromatic rings. The van der Waals surface area contributed by atoms with Crippen molar-refractivity contribution in [2.75, 3.05) is 21.3 Å². The summed E-state index contributed by atoms with van der Waals surface area (Å²) in [6.07, 6.45) is 1.58. The molecule has 0 atom stereocenters. The Morgan fingerprint density at radius 2 is 1.67 bits per heavy atom. The molecule has 0 bridgehead atoms. The predicted octanol–water partition coefficient (Wildman–Crippen LogP) is 4.70. The number of hydrogen-bond donors (Lipinski definition) is 1. The van der Waals surface area contributed by atoms with Gasteiger partial charge in [0.1, 0.15) is 5.75 Å². The van der Waals surface area contributed by atoms with Crippen molar-refractivity contribution in [2.45, 2.75) is 0 Å². The first-order chi connectivity index (χ1) is 14.6. The number of hydrogen-bond acceptors (Lipinski definition) is 5. The van der Waals surface area contributed by atoms with Crippen molar-refractivity contribution < 1.29 is 23.4 Å². The van der Waals surface area contributed by atoms with Crippen LogP contribution < -0.4 is 19.5 Å². The van der Waals surface area contributed by atoms with E-state index in [1.807, 2.05) is 0 Å². The lowest BCUT2D eigenvalue weighted by atomic mass is 10.0. The molecule has 1 aromatic heterocycles. The summed E-state index contributed by atoms with van der Waals surface area (Å²) in [6, 6.07) is 13.2. The van der Waals surface area contributed by atoms with Crippen LogP contribution in [0.25, 0.3) is 21.7 Å². The first-order valence-electron chi connectivity index (χ1n) is 9.19. The Labute approximate surface area is 172 Å². The molecule has 0 aliphatic carbocycles. The maximum atomic E-state index is 15.2. The summed E-state index contributed by atoms with van der Waals surface area (Å²) < 4.78 is 31.8. The molecule has 0 aliphatic rings. The lowest BCUT2D eigenvalue weighted by Gasteiger charge is -2.14. The molecule has 6 nitrogen and oxygen atoms in total. The number of amides is 1. The Kier molecular flexibility index (Phi) is 5.10. The maximum Gasteiger partial charge on any atom is 0.251 e. The third-order valence-corrected chi connectivity index (χ3v) is 4.86. The van der Waals surface area contributed by atoms with E-state index in [0.29, 0.717) is 44.5 Å². The van der Waals surface area contributed by atoms with E-state index in [0.717, 1.165) is 0 Å². The van der Waals surface area contributed by atoms with E-state index < -0.39 is 5.82 Å². The smallest absolute Gasteiger partial charge is 0.251 e. The number of halogens is 1. The third kappa shape index (κ3) is 3.24. The van der Waals surface area contributed by atoms with E-state index in [-0.39, 0.29) is 11.7 Å². The van der Waals surface area contributed by atoms with Gasteiger partial charge in [0, 0.05) is 35.6 Å². The number of fused-ring (bicyclic) bond motifs is 2. The van der Waals surface area contributed by atoms with Crippen molar-refractivity contribution in [1.29, 1.82) is 0 Å². The zero-order valence-electron chi connectivity index (χ0n) is 16.7. The van der Waals surface area contributed by atoms with E-state index in [9.17, 15) is 4.79 Å². The van der Waals surface area contributed by atoms with Crippen molar-refractivity contribution in [3.63, 3.8) is 0 Å². The van der Waals surface area contributed by atoms with Crippen molar-refractivity contribution >= 4 is 27.6 Å². The predicted molar refractivity (Wildman–Crippen MR) is 112 cm³/mol.